The van der Waals surface area contributed by atoms with Crippen molar-refractivity contribution >= 4 is 15.7 Å². The van der Waals surface area contributed by atoms with Crippen LogP contribution in [0.25, 0.3) is 22.3 Å². The van der Waals surface area contributed by atoms with E-state index in [-0.39, 0.29) is 11.5 Å². The van der Waals surface area contributed by atoms with Crippen LogP contribution in [0.15, 0.2) is 97.1 Å². The van der Waals surface area contributed by atoms with E-state index in [4.69, 9.17) is 0 Å². The topological polar surface area (TPSA) is 57.6 Å². The molecule has 160 valence electrons. The Balaban J connectivity index is 1.45. The maximum Gasteiger partial charge on any atom is 0.238 e. The van der Waals surface area contributed by atoms with Crippen molar-refractivity contribution in [3.63, 3.8) is 0 Å². The summed E-state index contributed by atoms with van der Waals surface area (Å²) in [7, 11) is -3.41. The number of hydrogen-bond acceptors (Lipinski definition) is 3. The molecular formula is C27H23NO3S. The molecule has 1 heterocycles. The SMILES string of the molecule is Cc1ccc(-c2ccc(C3CS(=O)(=O)N3c3ccc(-c4ccccc4)cc3)c(O)c2)cc1. The van der Waals surface area contributed by atoms with Crippen LogP contribution in [0.2, 0.25) is 0 Å². The summed E-state index contributed by atoms with van der Waals surface area (Å²) in [5.74, 6) is 0.0825. The molecule has 5 rings (SSSR count). The lowest BCUT2D eigenvalue weighted by Gasteiger charge is -2.42. The molecule has 0 saturated carbocycles. The molecule has 0 aliphatic carbocycles. The van der Waals surface area contributed by atoms with Crippen LogP contribution in [0.3, 0.4) is 0 Å². The van der Waals surface area contributed by atoms with Gasteiger partial charge in [-0.1, -0.05) is 84.4 Å². The number of anilines is 1. The Morgan fingerprint density at radius 2 is 1.31 bits per heavy atom. The number of nitrogens with zero attached hydrogens (tertiary/aromatic N) is 1. The zero-order valence-corrected chi connectivity index (χ0v) is 18.5. The molecule has 1 atom stereocenters. The highest BCUT2D eigenvalue weighted by Crippen LogP contribution is 2.44. The van der Waals surface area contributed by atoms with Crippen molar-refractivity contribution < 1.29 is 13.5 Å². The van der Waals surface area contributed by atoms with Crippen molar-refractivity contribution in [1.29, 1.82) is 0 Å². The van der Waals surface area contributed by atoms with Crippen molar-refractivity contribution in [2.75, 3.05) is 10.1 Å². The van der Waals surface area contributed by atoms with Crippen LogP contribution in [-0.2, 0) is 10.0 Å². The van der Waals surface area contributed by atoms with Crippen LogP contribution in [0, 0.1) is 6.92 Å². The standard InChI is InChI=1S/C27H23NO3S/c1-19-7-9-22(10-8-19)23-13-16-25(27(29)17-23)26-18-32(30,31)28(26)24-14-11-21(12-15-24)20-5-3-2-4-6-20/h2-17,26,29H,18H2,1H3. The largest absolute Gasteiger partial charge is 0.508 e. The molecule has 32 heavy (non-hydrogen) atoms. The summed E-state index contributed by atoms with van der Waals surface area (Å²) in [6, 6.07) is 30.6. The molecule has 4 aromatic rings. The maximum absolute atomic E-state index is 12.6. The van der Waals surface area contributed by atoms with Crippen LogP contribution in [0.5, 0.6) is 5.75 Å². The van der Waals surface area contributed by atoms with E-state index >= 15 is 0 Å². The molecule has 1 aliphatic rings. The van der Waals surface area contributed by atoms with Gasteiger partial charge in [-0.15, -0.1) is 0 Å². The van der Waals surface area contributed by atoms with Crippen molar-refractivity contribution in [2.24, 2.45) is 0 Å². The molecule has 1 N–H and O–H groups in total. The molecule has 0 bridgehead atoms. The first-order valence-corrected chi connectivity index (χ1v) is 12.1. The number of aryl methyl sites for hydroxylation is 1. The van der Waals surface area contributed by atoms with Gasteiger partial charge in [0, 0.05) is 5.56 Å². The van der Waals surface area contributed by atoms with E-state index in [1.807, 2.05) is 97.9 Å². The fourth-order valence-electron chi connectivity index (χ4n) is 4.20. The van der Waals surface area contributed by atoms with Crippen LogP contribution < -0.4 is 4.31 Å². The highest BCUT2D eigenvalue weighted by atomic mass is 32.2. The smallest absolute Gasteiger partial charge is 0.238 e. The summed E-state index contributed by atoms with van der Waals surface area (Å²) in [4.78, 5) is 0. The molecule has 1 fully saturated rings. The zero-order valence-electron chi connectivity index (χ0n) is 17.6. The fraction of sp³-hybridized carbons (Fsp3) is 0.111. The summed E-state index contributed by atoms with van der Waals surface area (Å²) < 4.78 is 26.7. The zero-order chi connectivity index (χ0) is 22.3. The van der Waals surface area contributed by atoms with Gasteiger partial charge < -0.3 is 5.11 Å². The molecule has 0 aromatic heterocycles. The minimum absolute atomic E-state index is 0.0229. The average molecular weight is 442 g/mol. The number of phenols is 1. The van der Waals surface area contributed by atoms with E-state index in [2.05, 4.69) is 0 Å². The van der Waals surface area contributed by atoms with Gasteiger partial charge in [-0.3, -0.25) is 4.31 Å². The predicted octanol–water partition coefficient (Wildman–Crippen LogP) is 5.93. The van der Waals surface area contributed by atoms with Gasteiger partial charge in [0.15, 0.2) is 0 Å². The van der Waals surface area contributed by atoms with E-state index in [1.54, 1.807) is 6.07 Å². The second-order valence-electron chi connectivity index (χ2n) is 8.14. The average Bonchev–Trinajstić information content (AvgIpc) is 2.79. The van der Waals surface area contributed by atoms with E-state index in [9.17, 15) is 13.5 Å². The summed E-state index contributed by atoms with van der Waals surface area (Å²) in [5, 5.41) is 10.7. The summed E-state index contributed by atoms with van der Waals surface area (Å²) in [6.45, 7) is 2.03. The Hall–Kier alpha value is -3.57. The minimum atomic E-state index is -3.41. The molecule has 4 nitrogen and oxygen atoms in total. The predicted molar refractivity (Wildman–Crippen MR) is 129 cm³/mol. The highest BCUT2D eigenvalue weighted by molar-refractivity contribution is 7.94. The molecule has 0 spiro atoms. The third kappa shape index (κ3) is 3.65. The number of phenolic OH excluding ortho intramolecular Hbond substituents is 1. The third-order valence-corrected chi connectivity index (χ3v) is 7.76. The summed E-state index contributed by atoms with van der Waals surface area (Å²) >= 11 is 0. The van der Waals surface area contributed by atoms with Gasteiger partial charge >= 0.3 is 0 Å². The van der Waals surface area contributed by atoms with Crippen molar-refractivity contribution in [3.05, 3.63) is 108 Å². The highest BCUT2D eigenvalue weighted by Gasteiger charge is 2.45. The fourth-order valence-corrected chi connectivity index (χ4v) is 5.84. The van der Waals surface area contributed by atoms with Gasteiger partial charge in [0.25, 0.3) is 0 Å². The van der Waals surface area contributed by atoms with Gasteiger partial charge in [-0.25, -0.2) is 8.42 Å². The van der Waals surface area contributed by atoms with E-state index < -0.39 is 16.1 Å². The summed E-state index contributed by atoms with van der Waals surface area (Å²) in [5.41, 5.74) is 6.38. The lowest BCUT2D eigenvalue weighted by molar-refractivity contribution is 0.460. The Morgan fingerprint density at radius 3 is 1.94 bits per heavy atom. The molecule has 1 saturated heterocycles. The number of aromatic hydroxyl groups is 1. The normalized spacial score (nSPS) is 17.0. The van der Waals surface area contributed by atoms with Crippen molar-refractivity contribution in [1.82, 2.24) is 0 Å². The molecule has 0 amide bonds. The first-order valence-electron chi connectivity index (χ1n) is 10.5. The lowest BCUT2D eigenvalue weighted by atomic mass is 9.99. The van der Waals surface area contributed by atoms with Gasteiger partial charge in [-0.2, -0.15) is 0 Å². The maximum atomic E-state index is 12.6. The Kier molecular flexibility index (Phi) is 4.98. The summed E-state index contributed by atoms with van der Waals surface area (Å²) in [6.07, 6.45) is 0. The molecular weight excluding hydrogens is 418 g/mol. The van der Waals surface area contributed by atoms with Crippen molar-refractivity contribution in [2.45, 2.75) is 13.0 Å². The molecule has 5 heteroatoms. The number of hydrogen-bond donors (Lipinski definition) is 1. The number of sulfonamides is 1. The number of benzene rings is 4. The van der Waals surface area contributed by atoms with Crippen LogP contribution in [-0.4, -0.2) is 19.3 Å². The van der Waals surface area contributed by atoms with E-state index in [1.165, 1.54) is 9.87 Å². The minimum Gasteiger partial charge on any atom is -0.508 e. The molecule has 1 aliphatic heterocycles. The van der Waals surface area contributed by atoms with Gasteiger partial charge in [-0.05, 0) is 47.4 Å². The van der Waals surface area contributed by atoms with Crippen LogP contribution in [0.4, 0.5) is 5.69 Å². The number of rotatable bonds is 4. The van der Waals surface area contributed by atoms with Crippen LogP contribution in [0.1, 0.15) is 17.2 Å². The molecule has 4 aromatic carbocycles. The Bertz CT molecular complexity index is 1360. The van der Waals surface area contributed by atoms with E-state index in [0.29, 0.717) is 11.3 Å². The van der Waals surface area contributed by atoms with Gasteiger partial charge in [0.2, 0.25) is 10.0 Å². The Labute approximate surface area is 188 Å². The third-order valence-electron chi connectivity index (χ3n) is 5.95. The first kappa shape index (κ1) is 20.3. The first-order chi connectivity index (χ1) is 15.4. The quantitative estimate of drug-likeness (QED) is 0.427. The monoisotopic (exact) mass is 441 g/mol. The second-order valence-corrected chi connectivity index (χ2v) is 10.0. The Morgan fingerprint density at radius 1 is 0.750 bits per heavy atom. The second kappa shape index (κ2) is 7.84. The lowest BCUT2D eigenvalue weighted by Crippen LogP contribution is -2.50. The van der Waals surface area contributed by atoms with E-state index in [0.717, 1.165) is 22.3 Å². The molecule has 0 radical (unpaired) electrons. The van der Waals surface area contributed by atoms with Gasteiger partial charge in [0.05, 0.1) is 17.5 Å². The van der Waals surface area contributed by atoms with Crippen molar-refractivity contribution in [3.8, 4) is 28.0 Å². The molecule has 1 unspecified atom stereocenters. The van der Waals surface area contributed by atoms with Gasteiger partial charge in [0.1, 0.15) is 5.75 Å². The van der Waals surface area contributed by atoms with Crippen LogP contribution >= 0.6 is 0 Å².